The summed E-state index contributed by atoms with van der Waals surface area (Å²) < 4.78 is 0. The standard InChI is InChI=1S/C28H32N4O4/c1-2-24(33)32-23(19-12-6-3-7-13-19)18-22(29-32)25-26(34)30(20-14-8-4-9-15-20)28(36)31(27(25)35)21-16-10-5-11-17-21/h1,3,6-7,12-13,20-21,23,29H,4-5,8-11,14-18H2. The fraction of sp³-hybridized carbons (Fsp3) is 0.500. The third kappa shape index (κ3) is 4.27. The number of hydrazine groups is 1. The number of nitrogens with one attached hydrogen (secondary N) is 1. The molecule has 0 spiro atoms. The normalized spacial score (nSPS) is 24.2. The zero-order valence-electron chi connectivity index (χ0n) is 20.4. The molecule has 5 amide bonds. The highest BCUT2D eigenvalue weighted by Gasteiger charge is 2.50. The van der Waals surface area contributed by atoms with E-state index in [1.165, 1.54) is 14.8 Å². The molecule has 1 aromatic rings. The maximum atomic E-state index is 13.9. The number of imide groups is 2. The average Bonchev–Trinajstić information content (AvgIpc) is 3.35. The van der Waals surface area contributed by atoms with Gasteiger partial charge in [0.15, 0.2) is 0 Å². The number of nitrogens with zero attached hydrogens (tertiary/aromatic N) is 3. The predicted octanol–water partition coefficient (Wildman–Crippen LogP) is 3.81. The lowest BCUT2D eigenvalue weighted by atomic mass is 9.90. The first-order valence-corrected chi connectivity index (χ1v) is 13.1. The van der Waals surface area contributed by atoms with Crippen LogP contribution in [-0.4, -0.2) is 50.6 Å². The van der Waals surface area contributed by atoms with Gasteiger partial charge in [0.1, 0.15) is 5.57 Å². The van der Waals surface area contributed by atoms with Crippen LogP contribution in [0.25, 0.3) is 0 Å². The Morgan fingerprint density at radius 2 is 1.36 bits per heavy atom. The number of urea groups is 1. The highest BCUT2D eigenvalue weighted by Crippen LogP contribution is 2.38. The van der Waals surface area contributed by atoms with Gasteiger partial charge >= 0.3 is 11.9 Å². The first-order chi connectivity index (χ1) is 17.5. The summed E-state index contributed by atoms with van der Waals surface area (Å²) in [7, 11) is 0. The van der Waals surface area contributed by atoms with Crippen LogP contribution < -0.4 is 5.43 Å². The van der Waals surface area contributed by atoms with Gasteiger partial charge in [0, 0.05) is 18.5 Å². The van der Waals surface area contributed by atoms with Gasteiger partial charge in [-0.2, -0.15) is 0 Å². The number of hydrogen-bond acceptors (Lipinski definition) is 5. The van der Waals surface area contributed by atoms with E-state index in [2.05, 4.69) is 11.3 Å². The molecule has 0 aromatic heterocycles. The zero-order chi connectivity index (χ0) is 25.2. The number of benzene rings is 1. The molecule has 2 heterocycles. The van der Waals surface area contributed by atoms with E-state index in [0.29, 0.717) is 5.70 Å². The molecule has 4 fully saturated rings. The molecule has 0 radical (unpaired) electrons. The van der Waals surface area contributed by atoms with Gasteiger partial charge in [-0.1, -0.05) is 68.9 Å². The molecule has 188 valence electrons. The van der Waals surface area contributed by atoms with Crippen LogP contribution in [-0.2, 0) is 14.4 Å². The largest absolute Gasteiger partial charge is 0.334 e. The molecule has 8 nitrogen and oxygen atoms in total. The zero-order valence-corrected chi connectivity index (χ0v) is 20.4. The fourth-order valence-corrected chi connectivity index (χ4v) is 6.12. The second-order valence-corrected chi connectivity index (χ2v) is 10.1. The Morgan fingerprint density at radius 1 is 0.833 bits per heavy atom. The first-order valence-electron chi connectivity index (χ1n) is 13.1. The summed E-state index contributed by atoms with van der Waals surface area (Å²) in [6.07, 6.45) is 14.6. The highest BCUT2D eigenvalue weighted by atomic mass is 16.2. The number of terminal acetylenes is 1. The fourth-order valence-electron chi connectivity index (χ4n) is 6.12. The number of carbonyl (C=O) groups excluding carboxylic acids is 4. The van der Waals surface area contributed by atoms with Crippen LogP contribution in [0.15, 0.2) is 41.6 Å². The van der Waals surface area contributed by atoms with E-state index >= 15 is 0 Å². The third-order valence-electron chi connectivity index (χ3n) is 7.95. The minimum atomic E-state index is -0.584. The van der Waals surface area contributed by atoms with Gasteiger partial charge in [-0.05, 0) is 37.2 Å². The molecule has 4 aliphatic rings. The minimum Gasteiger partial charge on any atom is -0.298 e. The van der Waals surface area contributed by atoms with Crippen molar-refractivity contribution in [2.45, 2.75) is 88.8 Å². The van der Waals surface area contributed by atoms with Gasteiger partial charge in [0.25, 0.3) is 11.8 Å². The van der Waals surface area contributed by atoms with Crippen LogP contribution >= 0.6 is 0 Å². The predicted molar refractivity (Wildman–Crippen MR) is 132 cm³/mol. The summed E-state index contributed by atoms with van der Waals surface area (Å²) in [6.45, 7) is 0. The Bertz CT molecular complexity index is 1080. The van der Waals surface area contributed by atoms with Crippen LogP contribution in [0, 0.1) is 12.3 Å². The molecule has 1 unspecified atom stereocenters. The van der Waals surface area contributed by atoms with Crippen molar-refractivity contribution in [1.29, 1.82) is 0 Å². The first kappa shape index (κ1) is 24.1. The molecule has 36 heavy (non-hydrogen) atoms. The summed E-state index contributed by atoms with van der Waals surface area (Å²) in [6, 6.07) is 7.98. The van der Waals surface area contributed by atoms with Crippen molar-refractivity contribution in [2.24, 2.45) is 0 Å². The van der Waals surface area contributed by atoms with Gasteiger partial charge in [0.05, 0.1) is 11.7 Å². The molecule has 2 aliphatic heterocycles. The van der Waals surface area contributed by atoms with Crippen LogP contribution in [0.3, 0.4) is 0 Å². The second kappa shape index (κ2) is 10.2. The summed E-state index contributed by atoms with van der Waals surface area (Å²) >= 11 is 0. The SMILES string of the molecule is C#CC(=O)N1NC(=C2C(=O)N(C3CCCCC3)C(=O)N(C3CCCCC3)C2=O)CC1c1ccccc1. The maximum Gasteiger partial charge on any atom is 0.334 e. The molecule has 0 bridgehead atoms. The van der Waals surface area contributed by atoms with Crippen molar-refractivity contribution >= 4 is 23.8 Å². The smallest absolute Gasteiger partial charge is 0.298 e. The van der Waals surface area contributed by atoms with E-state index in [9.17, 15) is 19.2 Å². The van der Waals surface area contributed by atoms with Crippen molar-refractivity contribution in [1.82, 2.24) is 20.2 Å². The minimum absolute atomic E-state index is 0.0426. The monoisotopic (exact) mass is 488 g/mol. The molecular formula is C28H32N4O4. The van der Waals surface area contributed by atoms with E-state index in [-0.39, 0.29) is 24.1 Å². The number of hydrogen-bond donors (Lipinski definition) is 1. The molecule has 2 saturated carbocycles. The van der Waals surface area contributed by atoms with Crippen LogP contribution in [0.1, 0.15) is 82.2 Å². The average molecular weight is 489 g/mol. The number of barbiturate groups is 1. The molecule has 1 aromatic carbocycles. The topological polar surface area (TPSA) is 90.0 Å². The molecule has 1 atom stereocenters. The lowest BCUT2D eigenvalue weighted by Crippen LogP contribution is -2.62. The lowest BCUT2D eigenvalue weighted by Gasteiger charge is -2.43. The van der Waals surface area contributed by atoms with Crippen LogP contribution in [0.5, 0.6) is 0 Å². The molecular weight excluding hydrogens is 456 g/mol. The van der Waals surface area contributed by atoms with Gasteiger partial charge in [-0.15, -0.1) is 6.42 Å². The molecule has 1 N–H and O–H groups in total. The van der Waals surface area contributed by atoms with E-state index in [1.807, 2.05) is 30.3 Å². The summed E-state index contributed by atoms with van der Waals surface area (Å²) in [5.41, 5.74) is 4.14. The Labute approximate surface area is 211 Å². The van der Waals surface area contributed by atoms with Crippen molar-refractivity contribution < 1.29 is 19.2 Å². The quantitative estimate of drug-likeness (QED) is 0.397. The molecule has 2 aliphatic carbocycles. The Balaban J connectivity index is 1.57. The summed E-state index contributed by atoms with van der Waals surface area (Å²) in [5.74, 6) is 0.430. The molecule has 5 rings (SSSR count). The van der Waals surface area contributed by atoms with Gasteiger partial charge < -0.3 is 0 Å². The maximum absolute atomic E-state index is 13.9. The van der Waals surface area contributed by atoms with Crippen LogP contribution in [0.2, 0.25) is 0 Å². The summed E-state index contributed by atoms with van der Waals surface area (Å²) in [4.78, 5) is 56.7. The number of carbonyl (C=O) groups is 4. The lowest BCUT2D eigenvalue weighted by molar-refractivity contribution is -0.140. The highest BCUT2D eigenvalue weighted by molar-refractivity contribution is 6.29. The van der Waals surface area contributed by atoms with Crippen LogP contribution in [0.4, 0.5) is 4.79 Å². The summed E-state index contributed by atoms with van der Waals surface area (Å²) in [5, 5.41) is 1.31. The molecule has 8 heteroatoms. The van der Waals surface area contributed by atoms with E-state index in [1.54, 1.807) is 0 Å². The Kier molecular flexibility index (Phi) is 6.82. The van der Waals surface area contributed by atoms with Gasteiger partial charge in [0.2, 0.25) is 0 Å². The van der Waals surface area contributed by atoms with E-state index in [0.717, 1.165) is 69.8 Å². The van der Waals surface area contributed by atoms with E-state index in [4.69, 9.17) is 6.42 Å². The van der Waals surface area contributed by atoms with Crippen molar-refractivity contribution in [3.05, 3.63) is 47.2 Å². The number of amides is 5. The van der Waals surface area contributed by atoms with Gasteiger partial charge in [-0.25, -0.2) is 9.80 Å². The van der Waals surface area contributed by atoms with Crippen molar-refractivity contribution in [2.75, 3.05) is 0 Å². The Morgan fingerprint density at radius 3 is 1.86 bits per heavy atom. The van der Waals surface area contributed by atoms with Crippen molar-refractivity contribution in [3.63, 3.8) is 0 Å². The number of rotatable bonds is 3. The second-order valence-electron chi connectivity index (χ2n) is 10.1. The van der Waals surface area contributed by atoms with Crippen molar-refractivity contribution in [3.8, 4) is 12.3 Å². The third-order valence-corrected chi connectivity index (χ3v) is 7.95. The molecule has 2 saturated heterocycles. The van der Waals surface area contributed by atoms with E-state index < -0.39 is 29.8 Å². The van der Waals surface area contributed by atoms with Gasteiger partial charge in [-0.3, -0.25) is 29.6 Å². The Hall–Kier alpha value is -3.60.